The van der Waals surface area contributed by atoms with Crippen molar-refractivity contribution in [1.82, 2.24) is 15.1 Å². The number of imide groups is 1. The summed E-state index contributed by atoms with van der Waals surface area (Å²) < 4.78 is 38.9. The van der Waals surface area contributed by atoms with Crippen LogP contribution in [0.4, 0.5) is 13.6 Å². The Kier molecular flexibility index (Phi) is 8.07. The summed E-state index contributed by atoms with van der Waals surface area (Å²) in [6.07, 6.45) is 0. The van der Waals surface area contributed by atoms with Gasteiger partial charge in [0.1, 0.15) is 17.8 Å². The van der Waals surface area contributed by atoms with Crippen molar-refractivity contribution in [1.29, 1.82) is 0 Å². The van der Waals surface area contributed by atoms with Gasteiger partial charge >= 0.3 is 12.6 Å². The van der Waals surface area contributed by atoms with E-state index in [1.165, 1.54) is 50.3 Å². The molecule has 0 spiro atoms. The smallest absolute Gasteiger partial charge is 0.387 e. The molecule has 1 aliphatic rings. The molecule has 1 fully saturated rings. The Morgan fingerprint density at radius 3 is 2.20 bits per heavy atom. The van der Waals surface area contributed by atoms with Crippen molar-refractivity contribution in [3.63, 3.8) is 0 Å². The standard InChI is InChI=1S/C19H25F2N3O6/c1-19(13-4-6-14(7-5-13)30-17(20)21)16(26)24(18(27)22-19)12-15(25)23(8-10-28-2)9-11-29-3/h4-7,17H,8-12H2,1-3H3,(H,22,27)/t19-/m1/s1. The maximum absolute atomic E-state index is 13.0. The number of nitrogens with zero attached hydrogens (tertiary/aromatic N) is 2. The summed E-state index contributed by atoms with van der Waals surface area (Å²) in [5.41, 5.74) is -1.07. The van der Waals surface area contributed by atoms with E-state index in [9.17, 15) is 23.2 Å². The number of carbonyl (C=O) groups excluding carboxylic acids is 3. The van der Waals surface area contributed by atoms with E-state index in [2.05, 4.69) is 10.1 Å². The Bertz CT molecular complexity index is 753. The van der Waals surface area contributed by atoms with Crippen LogP contribution in [0.5, 0.6) is 5.75 Å². The van der Waals surface area contributed by atoms with Crippen LogP contribution in [0, 0.1) is 0 Å². The molecular formula is C19H25F2N3O6. The number of nitrogens with one attached hydrogen (secondary N) is 1. The molecule has 2 rings (SSSR count). The Balaban J connectivity index is 2.13. The number of halogens is 2. The predicted molar refractivity (Wildman–Crippen MR) is 101 cm³/mol. The van der Waals surface area contributed by atoms with Crippen LogP contribution in [0.2, 0.25) is 0 Å². The number of rotatable bonds is 11. The first-order valence-corrected chi connectivity index (χ1v) is 9.18. The average Bonchev–Trinajstić information content (AvgIpc) is 2.92. The number of benzene rings is 1. The molecule has 0 unspecified atom stereocenters. The van der Waals surface area contributed by atoms with Gasteiger partial charge in [0.2, 0.25) is 5.91 Å². The molecule has 4 amide bonds. The summed E-state index contributed by atoms with van der Waals surface area (Å²) >= 11 is 0. The number of ether oxygens (including phenoxy) is 3. The number of hydrogen-bond acceptors (Lipinski definition) is 6. The van der Waals surface area contributed by atoms with E-state index >= 15 is 0 Å². The third-order valence-corrected chi connectivity index (χ3v) is 4.71. The predicted octanol–water partition coefficient (Wildman–Crippen LogP) is 1.18. The number of carbonyl (C=O) groups is 3. The molecule has 1 heterocycles. The first kappa shape index (κ1) is 23.5. The fourth-order valence-corrected chi connectivity index (χ4v) is 3.01. The molecule has 9 nitrogen and oxygen atoms in total. The quantitative estimate of drug-likeness (QED) is 0.531. The SMILES string of the molecule is COCCN(CCOC)C(=O)CN1C(=O)N[C@](C)(c2ccc(OC(F)F)cc2)C1=O. The molecule has 1 aromatic rings. The van der Waals surface area contributed by atoms with Gasteiger partial charge in [0, 0.05) is 27.3 Å². The zero-order chi connectivity index (χ0) is 22.3. The maximum atomic E-state index is 13.0. The number of methoxy groups -OCH3 is 2. The Labute approximate surface area is 172 Å². The highest BCUT2D eigenvalue weighted by Gasteiger charge is 2.49. The average molecular weight is 429 g/mol. The van der Waals surface area contributed by atoms with Crippen LogP contribution in [0.15, 0.2) is 24.3 Å². The van der Waals surface area contributed by atoms with Gasteiger partial charge in [0.25, 0.3) is 5.91 Å². The van der Waals surface area contributed by atoms with Gasteiger partial charge < -0.3 is 24.4 Å². The van der Waals surface area contributed by atoms with Crippen LogP contribution in [0.3, 0.4) is 0 Å². The van der Waals surface area contributed by atoms with Crippen LogP contribution in [-0.2, 0) is 24.6 Å². The van der Waals surface area contributed by atoms with Gasteiger partial charge in [-0.1, -0.05) is 12.1 Å². The van der Waals surface area contributed by atoms with Gasteiger partial charge in [0.05, 0.1) is 13.2 Å². The van der Waals surface area contributed by atoms with Crippen LogP contribution in [0.1, 0.15) is 12.5 Å². The van der Waals surface area contributed by atoms with Crippen molar-refractivity contribution in [3.05, 3.63) is 29.8 Å². The number of hydrogen-bond donors (Lipinski definition) is 1. The number of amides is 4. The molecule has 166 valence electrons. The minimum atomic E-state index is -2.97. The second-order valence-electron chi connectivity index (χ2n) is 6.72. The van der Waals surface area contributed by atoms with Crippen LogP contribution >= 0.6 is 0 Å². The second kappa shape index (κ2) is 10.3. The molecule has 30 heavy (non-hydrogen) atoms. The molecule has 0 bridgehead atoms. The molecule has 1 aliphatic heterocycles. The molecule has 1 aromatic carbocycles. The van der Waals surface area contributed by atoms with E-state index in [0.29, 0.717) is 18.8 Å². The van der Waals surface area contributed by atoms with E-state index in [4.69, 9.17) is 9.47 Å². The third-order valence-electron chi connectivity index (χ3n) is 4.71. The van der Waals surface area contributed by atoms with E-state index in [0.717, 1.165) is 4.90 Å². The summed E-state index contributed by atoms with van der Waals surface area (Å²) in [6, 6.07) is 4.64. The lowest BCUT2D eigenvalue weighted by molar-refractivity contribution is -0.139. The van der Waals surface area contributed by atoms with Gasteiger partial charge in [-0.05, 0) is 24.6 Å². The van der Waals surface area contributed by atoms with Crippen molar-refractivity contribution < 1.29 is 37.4 Å². The zero-order valence-corrected chi connectivity index (χ0v) is 17.0. The molecule has 0 radical (unpaired) electrons. The van der Waals surface area contributed by atoms with Crippen LogP contribution in [0.25, 0.3) is 0 Å². The molecule has 0 saturated carbocycles. The van der Waals surface area contributed by atoms with Crippen molar-refractivity contribution in [2.75, 3.05) is 47.1 Å². The highest BCUT2D eigenvalue weighted by Crippen LogP contribution is 2.30. The van der Waals surface area contributed by atoms with E-state index in [-0.39, 0.29) is 18.8 Å². The molecule has 11 heteroatoms. The number of urea groups is 1. The van der Waals surface area contributed by atoms with Crippen LogP contribution in [-0.4, -0.2) is 81.3 Å². The largest absolute Gasteiger partial charge is 0.435 e. The molecule has 0 aromatic heterocycles. The monoisotopic (exact) mass is 429 g/mol. The van der Waals surface area contributed by atoms with Crippen molar-refractivity contribution >= 4 is 17.8 Å². The van der Waals surface area contributed by atoms with Gasteiger partial charge in [-0.25, -0.2) is 4.79 Å². The molecule has 1 N–H and O–H groups in total. The summed E-state index contributed by atoms with van der Waals surface area (Å²) in [5, 5.41) is 2.57. The first-order valence-electron chi connectivity index (χ1n) is 9.18. The molecule has 1 atom stereocenters. The first-order chi connectivity index (χ1) is 14.2. The van der Waals surface area contributed by atoms with E-state index in [1.807, 2.05) is 0 Å². The highest BCUT2D eigenvalue weighted by atomic mass is 19.3. The van der Waals surface area contributed by atoms with Crippen molar-refractivity contribution in [2.45, 2.75) is 19.1 Å². The fraction of sp³-hybridized carbons (Fsp3) is 0.526. The van der Waals surface area contributed by atoms with Gasteiger partial charge in [0.15, 0.2) is 0 Å². The minimum Gasteiger partial charge on any atom is -0.435 e. The lowest BCUT2D eigenvalue weighted by Crippen LogP contribution is -2.46. The fourth-order valence-electron chi connectivity index (χ4n) is 3.01. The normalized spacial score (nSPS) is 18.7. The van der Waals surface area contributed by atoms with E-state index < -0.39 is 36.5 Å². The molecule has 1 saturated heterocycles. The summed E-state index contributed by atoms with van der Waals surface area (Å²) in [6.45, 7) is -0.786. The lowest BCUT2D eigenvalue weighted by atomic mass is 9.92. The summed E-state index contributed by atoms with van der Waals surface area (Å²) in [4.78, 5) is 40.3. The summed E-state index contributed by atoms with van der Waals surface area (Å²) in [5.74, 6) is -1.13. The van der Waals surface area contributed by atoms with Crippen molar-refractivity contribution in [2.24, 2.45) is 0 Å². The van der Waals surface area contributed by atoms with Gasteiger partial charge in [-0.3, -0.25) is 14.5 Å². The molecule has 0 aliphatic carbocycles. The lowest BCUT2D eigenvalue weighted by Gasteiger charge is -2.25. The molecular weight excluding hydrogens is 404 g/mol. The maximum Gasteiger partial charge on any atom is 0.387 e. The topological polar surface area (TPSA) is 97.4 Å². The van der Waals surface area contributed by atoms with Crippen LogP contribution < -0.4 is 10.1 Å². The van der Waals surface area contributed by atoms with Crippen molar-refractivity contribution in [3.8, 4) is 5.75 Å². The Hall–Kier alpha value is -2.79. The summed E-state index contributed by atoms with van der Waals surface area (Å²) in [7, 11) is 3.00. The third kappa shape index (κ3) is 5.42. The Morgan fingerprint density at radius 1 is 1.13 bits per heavy atom. The van der Waals surface area contributed by atoms with Gasteiger partial charge in [-0.15, -0.1) is 0 Å². The second-order valence-corrected chi connectivity index (χ2v) is 6.72. The zero-order valence-electron chi connectivity index (χ0n) is 17.0. The minimum absolute atomic E-state index is 0.0758. The van der Waals surface area contributed by atoms with Gasteiger partial charge in [-0.2, -0.15) is 8.78 Å². The van der Waals surface area contributed by atoms with E-state index in [1.54, 1.807) is 0 Å². The highest BCUT2D eigenvalue weighted by molar-refractivity contribution is 6.09. The number of alkyl halides is 2. The Morgan fingerprint density at radius 2 is 1.70 bits per heavy atom.